The molecule has 1 unspecified atom stereocenters. The van der Waals surface area contributed by atoms with Gasteiger partial charge in [-0.05, 0) is 18.4 Å². The quantitative estimate of drug-likeness (QED) is 0.538. The molecule has 0 saturated heterocycles. The van der Waals surface area contributed by atoms with Gasteiger partial charge in [0.15, 0.2) is 6.10 Å². The maximum atomic E-state index is 11.3. The monoisotopic (exact) mass is 220 g/mol. The summed E-state index contributed by atoms with van der Waals surface area (Å²) in [6, 6.07) is 3.81. The molecule has 1 atom stereocenters. The van der Waals surface area contributed by atoms with E-state index in [0.717, 1.165) is 11.1 Å². The minimum atomic E-state index is -1.13. The first kappa shape index (κ1) is 11.1. The van der Waals surface area contributed by atoms with E-state index in [-0.39, 0.29) is 5.41 Å². The molecule has 0 saturated carbocycles. The van der Waals surface area contributed by atoms with Crippen molar-refractivity contribution in [3.05, 3.63) is 28.8 Å². The van der Waals surface area contributed by atoms with Crippen LogP contribution < -0.4 is 4.74 Å². The molecule has 0 radical (unpaired) electrons. The number of aliphatic hydroxyl groups is 1. The third-order valence-electron chi connectivity index (χ3n) is 2.79. The predicted molar refractivity (Wildman–Crippen MR) is 60.5 cm³/mol. The van der Waals surface area contributed by atoms with Gasteiger partial charge in [-0.25, -0.2) is 4.79 Å². The van der Waals surface area contributed by atoms with Gasteiger partial charge < -0.3 is 9.84 Å². The molecule has 16 heavy (non-hydrogen) atoms. The summed E-state index contributed by atoms with van der Waals surface area (Å²) in [6.45, 7) is 8.12. The topological polar surface area (TPSA) is 46.5 Å². The maximum absolute atomic E-state index is 11.3. The van der Waals surface area contributed by atoms with E-state index in [9.17, 15) is 9.90 Å². The number of ether oxygens (including phenoxy) is 1. The Bertz CT molecular complexity index is 455. The number of benzene rings is 1. The highest BCUT2D eigenvalue weighted by Crippen LogP contribution is 2.42. The van der Waals surface area contributed by atoms with Crippen molar-refractivity contribution in [2.24, 2.45) is 0 Å². The van der Waals surface area contributed by atoms with Crippen LogP contribution in [-0.4, -0.2) is 11.1 Å². The minimum Gasteiger partial charge on any atom is -0.424 e. The van der Waals surface area contributed by atoms with Gasteiger partial charge in [-0.3, -0.25) is 0 Å². The van der Waals surface area contributed by atoms with Gasteiger partial charge in [0.2, 0.25) is 0 Å². The summed E-state index contributed by atoms with van der Waals surface area (Å²) in [5.41, 5.74) is 2.48. The Morgan fingerprint density at radius 3 is 2.50 bits per heavy atom. The number of aliphatic hydroxyl groups excluding tert-OH is 1. The van der Waals surface area contributed by atoms with E-state index in [1.807, 2.05) is 13.0 Å². The van der Waals surface area contributed by atoms with Crippen LogP contribution in [0.5, 0.6) is 5.75 Å². The van der Waals surface area contributed by atoms with Crippen LogP contribution in [-0.2, 0) is 10.2 Å². The van der Waals surface area contributed by atoms with Crippen LogP contribution >= 0.6 is 0 Å². The van der Waals surface area contributed by atoms with E-state index in [1.165, 1.54) is 0 Å². The molecular formula is C13H16O3. The highest BCUT2D eigenvalue weighted by molar-refractivity contribution is 5.85. The second-order valence-corrected chi connectivity index (χ2v) is 5.30. The molecule has 3 nitrogen and oxygen atoms in total. The number of carbonyl (C=O) groups excluding carboxylic acids is 1. The minimum absolute atomic E-state index is 0.111. The van der Waals surface area contributed by atoms with E-state index in [2.05, 4.69) is 20.8 Å². The third-order valence-corrected chi connectivity index (χ3v) is 2.79. The number of carbonyl (C=O) groups is 1. The van der Waals surface area contributed by atoms with Gasteiger partial charge in [0.1, 0.15) is 5.75 Å². The molecule has 1 aromatic rings. The fourth-order valence-electron chi connectivity index (χ4n) is 1.96. The lowest BCUT2D eigenvalue weighted by Gasteiger charge is -2.22. The van der Waals surface area contributed by atoms with Crippen molar-refractivity contribution >= 4 is 5.97 Å². The molecule has 0 bridgehead atoms. The van der Waals surface area contributed by atoms with Gasteiger partial charge in [0.25, 0.3) is 0 Å². The Hall–Kier alpha value is -1.35. The zero-order chi connectivity index (χ0) is 12.1. The Morgan fingerprint density at radius 2 is 1.94 bits per heavy atom. The Balaban J connectivity index is 2.67. The lowest BCUT2D eigenvalue weighted by molar-refractivity contribution is -0.140. The fraction of sp³-hybridized carbons (Fsp3) is 0.462. The van der Waals surface area contributed by atoms with Crippen molar-refractivity contribution in [2.75, 3.05) is 0 Å². The number of aryl methyl sites for hydroxylation is 1. The summed E-state index contributed by atoms with van der Waals surface area (Å²) in [6.07, 6.45) is -1.13. The number of rotatable bonds is 0. The normalized spacial score (nSPS) is 19.6. The molecule has 1 aliphatic heterocycles. The van der Waals surface area contributed by atoms with E-state index in [0.29, 0.717) is 11.3 Å². The standard InChI is InChI=1S/C13H16O3/c1-7-5-8-10(14)12(15)16-11(8)9(6-7)13(2,3)4/h5-6,10,14H,1-4H3. The van der Waals surface area contributed by atoms with Gasteiger partial charge in [-0.1, -0.05) is 32.4 Å². The number of hydrogen-bond donors (Lipinski definition) is 1. The Labute approximate surface area is 95.0 Å². The average Bonchev–Trinajstić information content (AvgIpc) is 2.42. The van der Waals surface area contributed by atoms with Crippen molar-refractivity contribution < 1.29 is 14.6 Å². The second-order valence-electron chi connectivity index (χ2n) is 5.30. The van der Waals surface area contributed by atoms with Gasteiger partial charge in [0, 0.05) is 11.1 Å². The molecule has 1 heterocycles. The summed E-state index contributed by atoms with van der Waals surface area (Å²) in [5.74, 6) is -0.0401. The van der Waals surface area contributed by atoms with E-state index >= 15 is 0 Å². The summed E-state index contributed by atoms with van der Waals surface area (Å²) in [7, 11) is 0. The van der Waals surface area contributed by atoms with Crippen LogP contribution in [0, 0.1) is 6.92 Å². The van der Waals surface area contributed by atoms with Crippen LogP contribution in [0.4, 0.5) is 0 Å². The summed E-state index contributed by atoms with van der Waals surface area (Å²) >= 11 is 0. The van der Waals surface area contributed by atoms with Crippen LogP contribution in [0.15, 0.2) is 12.1 Å². The lowest BCUT2D eigenvalue weighted by atomic mass is 9.84. The third kappa shape index (κ3) is 1.61. The molecule has 86 valence electrons. The summed E-state index contributed by atoms with van der Waals surface area (Å²) in [5, 5.41) is 9.69. The average molecular weight is 220 g/mol. The molecule has 1 aromatic carbocycles. The molecule has 0 fully saturated rings. The summed E-state index contributed by atoms with van der Waals surface area (Å²) < 4.78 is 5.14. The van der Waals surface area contributed by atoms with Crippen molar-refractivity contribution in [3.8, 4) is 5.75 Å². The molecule has 1 N–H and O–H groups in total. The number of esters is 1. The SMILES string of the molecule is Cc1cc2c(c(C(C)(C)C)c1)OC(=O)C2O. The van der Waals surface area contributed by atoms with Gasteiger partial charge in [0.05, 0.1) is 0 Å². The predicted octanol–water partition coefficient (Wildman–Crippen LogP) is 2.24. The van der Waals surface area contributed by atoms with E-state index in [1.54, 1.807) is 6.07 Å². The number of hydrogen-bond acceptors (Lipinski definition) is 3. The first-order valence-corrected chi connectivity index (χ1v) is 5.35. The molecular weight excluding hydrogens is 204 g/mol. The van der Waals surface area contributed by atoms with E-state index < -0.39 is 12.1 Å². The van der Waals surface area contributed by atoms with Crippen LogP contribution in [0.2, 0.25) is 0 Å². The Morgan fingerprint density at radius 1 is 1.31 bits per heavy atom. The van der Waals surface area contributed by atoms with E-state index in [4.69, 9.17) is 4.74 Å². The van der Waals surface area contributed by atoms with Crippen molar-refractivity contribution in [2.45, 2.75) is 39.2 Å². The maximum Gasteiger partial charge on any atom is 0.345 e. The highest BCUT2D eigenvalue weighted by Gasteiger charge is 2.35. The van der Waals surface area contributed by atoms with Gasteiger partial charge >= 0.3 is 5.97 Å². The van der Waals surface area contributed by atoms with Gasteiger partial charge in [-0.15, -0.1) is 0 Å². The smallest absolute Gasteiger partial charge is 0.345 e. The Kier molecular flexibility index (Phi) is 2.31. The van der Waals surface area contributed by atoms with Crippen LogP contribution in [0.3, 0.4) is 0 Å². The molecule has 3 heteroatoms. The zero-order valence-corrected chi connectivity index (χ0v) is 10.00. The van der Waals surface area contributed by atoms with Crippen LogP contribution in [0.25, 0.3) is 0 Å². The summed E-state index contributed by atoms with van der Waals surface area (Å²) in [4.78, 5) is 11.3. The fourth-order valence-corrected chi connectivity index (χ4v) is 1.96. The molecule has 2 rings (SSSR count). The van der Waals surface area contributed by atoms with Crippen molar-refractivity contribution in [3.63, 3.8) is 0 Å². The molecule has 1 aliphatic rings. The first-order chi connectivity index (χ1) is 7.30. The zero-order valence-electron chi connectivity index (χ0n) is 10.00. The lowest BCUT2D eigenvalue weighted by Crippen LogP contribution is -2.13. The second kappa shape index (κ2) is 3.32. The molecule has 0 amide bonds. The van der Waals surface area contributed by atoms with Gasteiger partial charge in [-0.2, -0.15) is 0 Å². The molecule has 0 aliphatic carbocycles. The molecule has 0 aromatic heterocycles. The largest absolute Gasteiger partial charge is 0.424 e. The molecule has 0 spiro atoms. The highest BCUT2D eigenvalue weighted by atomic mass is 16.6. The van der Waals surface area contributed by atoms with Crippen molar-refractivity contribution in [1.82, 2.24) is 0 Å². The van der Waals surface area contributed by atoms with Crippen LogP contribution in [0.1, 0.15) is 43.6 Å². The van der Waals surface area contributed by atoms with Crippen molar-refractivity contribution in [1.29, 1.82) is 0 Å². The first-order valence-electron chi connectivity index (χ1n) is 5.35. The number of fused-ring (bicyclic) bond motifs is 1.